The topological polar surface area (TPSA) is 78.5 Å². The average Bonchev–Trinajstić information content (AvgIpc) is 2.54. The van der Waals surface area contributed by atoms with Gasteiger partial charge in [0, 0.05) is 24.3 Å². The Bertz CT molecular complexity index is 831. The molecule has 0 aliphatic rings. The van der Waals surface area contributed by atoms with Gasteiger partial charge in [-0.3, -0.25) is 4.79 Å². The van der Waals surface area contributed by atoms with E-state index < -0.39 is 10.0 Å². The van der Waals surface area contributed by atoms with Gasteiger partial charge in [0.15, 0.2) is 0 Å². The minimum absolute atomic E-state index is 0.138. The minimum atomic E-state index is -3.52. The third-order valence-electron chi connectivity index (χ3n) is 3.44. The van der Waals surface area contributed by atoms with Crippen LogP contribution in [0.3, 0.4) is 0 Å². The van der Waals surface area contributed by atoms with Crippen LogP contribution in [0.25, 0.3) is 0 Å². The molecule has 0 bridgehead atoms. The van der Waals surface area contributed by atoms with E-state index in [0.717, 1.165) is 12.1 Å². The Hall–Kier alpha value is -2.22. The number of carbonyl (C=O) groups excluding carboxylic acids is 1. The molecular formula is C18H23N3O3S. The van der Waals surface area contributed by atoms with Crippen LogP contribution in [0.1, 0.15) is 22.8 Å². The molecule has 1 amide bonds. The molecule has 0 atom stereocenters. The van der Waals surface area contributed by atoms with Crippen molar-refractivity contribution < 1.29 is 13.2 Å². The highest BCUT2D eigenvalue weighted by atomic mass is 32.2. The summed E-state index contributed by atoms with van der Waals surface area (Å²) in [5.41, 5.74) is 2.19. The van der Waals surface area contributed by atoms with Crippen LogP contribution < -0.4 is 10.0 Å². The molecule has 0 saturated heterocycles. The predicted molar refractivity (Wildman–Crippen MR) is 99.1 cm³/mol. The maximum atomic E-state index is 12.3. The molecule has 134 valence electrons. The number of benzene rings is 2. The van der Waals surface area contributed by atoms with Crippen molar-refractivity contribution in [2.45, 2.75) is 18.4 Å². The molecule has 7 heteroatoms. The maximum Gasteiger partial charge on any atom is 0.255 e. The number of nitrogens with zero attached hydrogens (tertiary/aromatic N) is 1. The Morgan fingerprint density at radius 3 is 2.36 bits per heavy atom. The van der Waals surface area contributed by atoms with Crippen molar-refractivity contribution in [2.24, 2.45) is 0 Å². The van der Waals surface area contributed by atoms with Gasteiger partial charge in [0.25, 0.3) is 5.91 Å². The van der Waals surface area contributed by atoms with Crippen LogP contribution in [0.15, 0.2) is 53.4 Å². The van der Waals surface area contributed by atoms with Crippen molar-refractivity contribution in [3.63, 3.8) is 0 Å². The van der Waals surface area contributed by atoms with Crippen molar-refractivity contribution in [3.8, 4) is 0 Å². The van der Waals surface area contributed by atoms with Crippen LogP contribution >= 0.6 is 0 Å². The standard InChI is InChI=1S/C18H23N3O3S/c1-4-19-25(23,24)17-10-8-15(9-11-17)18(22)20-16-7-5-6-14(12-16)13-21(2)3/h5-12,19H,4,13H2,1-3H3,(H,20,22). The third kappa shape index (κ3) is 5.38. The highest BCUT2D eigenvalue weighted by Gasteiger charge is 2.14. The Morgan fingerprint density at radius 2 is 1.76 bits per heavy atom. The molecule has 25 heavy (non-hydrogen) atoms. The van der Waals surface area contributed by atoms with Crippen LogP contribution in [0, 0.1) is 0 Å². The van der Waals surface area contributed by atoms with E-state index in [9.17, 15) is 13.2 Å². The lowest BCUT2D eigenvalue weighted by molar-refractivity contribution is 0.102. The van der Waals surface area contributed by atoms with Crippen molar-refractivity contribution in [1.82, 2.24) is 9.62 Å². The van der Waals surface area contributed by atoms with Gasteiger partial charge in [0.05, 0.1) is 4.90 Å². The van der Waals surface area contributed by atoms with Crippen molar-refractivity contribution >= 4 is 21.6 Å². The number of rotatable bonds is 7. The first-order valence-electron chi connectivity index (χ1n) is 7.96. The first-order valence-corrected chi connectivity index (χ1v) is 9.45. The van der Waals surface area contributed by atoms with Gasteiger partial charge in [-0.15, -0.1) is 0 Å². The van der Waals surface area contributed by atoms with E-state index in [1.807, 2.05) is 43.3 Å². The summed E-state index contributed by atoms with van der Waals surface area (Å²) in [6.45, 7) is 2.80. The molecule has 0 aromatic heterocycles. The van der Waals surface area contributed by atoms with E-state index in [1.54, 1.807) is 6.92 Å². The van der Waals surface area contributed by atoms with Crippen LogP contribution in [0.2, 0.25) is 0 Å². The summed E-state index contributed by atoms with van der Waals surface area (Å²) in [6.07, 6.45) is 0. The van der Waals surface area contributed by atoms with Crippen LogP contribution in [-0.2, 0) is 16.6 Å². The molecule has 2 aromatic rings. The maximum absolute atomic E-state index is 12.3. The summed E-state index contributed by atoms with van der Waals surface area (Å²) in [7, 11) is 0.446. The molecule has 0 spiro atoms. The monoisotopic (exact) mass is 361 g/mol. The van der Waals surface area contributed by atoms with Gasteiger partial charge in [0.2, 0.25) is 10.0 Å². The van der Waals surface area contributed by atoms with E-state index >= 15 is 0 Å². The fraction of sp³-hybridized carbons (Fsp3) is 0.278. The van der Waals surface area contributed by atoms with E-state index in [0.29, 0.717) is 17.8 Å². The quantitative estimate of drug-likeness (QED) is 0.793. The van der Waals surface area contributed by atoms with Gasteiger partial charge in [-0.05, 0) is 56.1 Å². The van der Waals surface area contributed by atoms with Crippen LogP contribution in [0.4, 0.5) is 5.69 Å². The van der Waals surface area contributed by atoms with Gasteiger partial charge in [0.1, 0.15) is 0 Å². The molecule has 0 radical (unpaired) electrons. The second-order valence-electron chi connectivity index (χ2n) is 5.92. The Kier molecular flexibility index (Phi) is 6.30. The van der Waals surface area contributed by atoms with E-state index in [1.165, 1.54) is 24.3 Å². The fourth-order valence-electron chi connectivity index (χ4n) is 2.37. The first-order chi connectivity index (χ1) is 11.8. The summed E-state index contributed by atoms with van der Waals surface area (Å²) in [6, 6.07) is 13.5. The summed E-state index contributed by atoms with van der Waals surface area (Å²) >= 11 is 0. The molecule has 0 unspecified atom stereocenters. The summed E-state index contributed by atoms with van der Waals surface area (Å²) in [5.74, 6) is -0.283. The molecule has 2 aromatic carbocycles. The molecule has 2 rings (SSSR count). The second kappa shape index (κ2) is 8.24. The number of hydrogen-bond donors (Lipinski definition) is 2. The Morgan fingerprint density at radius 1 is 1.08 bits per heavy atom. The Balaban J connectivity index is 2.11. The largest absolute Gasteiger partial charge is 0.322 e. The number of nitrogens with one attached hydrogen (secondary N) is 2. The van der Waals surface area contributed by atoms with Gasteiger partial charge >= 0.3 is 0 Å². The average molecular weight is 361 g/mol. The minimum Gasteiger partial charge on any atom is -0.322 e. The number of hydrogen-bond acceptors (Lipinski definition) is 4. The molecule has 0 saturated carbocycles. The van der Waals surface area contributed by atoms with Gasteiger partial charge in [-0.25, -0.2) is 13.1 Å². The molecule has 0 aliphatic carbocycles. The van der Waals surface area contributed by atoms with Crippen LogP contribution in [0.5, 0.6) is 0 Å². The zero-order valence-electron chi connectivity index (χ0n) is 14.6. The molecule has 6 nitrogen and oxygen atoms in total. The Labute approximate surface area is 148 Å². The number of sulfonamides is 1. The predicted octanol–water partition coefficient (Wildman–Crippen LogP) is 2.30. The molecule has 0 fully saturated rings. The zero-order chi connectivity index (χ0) is 18.4. The van der Waals surface area contributed by atoms with Crippen LogP contribution in [-0.4, -0.2) is 39.9 Å². The lowest BCUT2D eigenvalue weighted by atomic mass is 10.1. The normalized spacial score (nSPS) is 11.5. The van der Waals surface area contributed by atoms with Crippen molar-refractivity contribution in [3.05, 3.63) is 59.7 Å². The lowest BCUT2D eigenvalue weighted by Crippen LogP contribution is -2.23. The highest BCUT2D eigenvalue weighted by Crippen LogP contribution is 2.15. The summed E-state index contributed by atoms with van der Waals surface area (Å²) < 4.78 is 26.2. The van der Waals surface area contributed by atoms with Gasteiger partial charge in [-0.1, -0.05) is 19.1 Å². The molecular weight excluding hydrogens is 338 g/mol. The van der Waals surface area contributed by atoms with Gasteiger partial charge in [-0.2, -0.15) is 0 Å². The number of carbonyl (C=O) groups is 1. The first kappa shape index (κ1) is 19.1. The second-order valence-corrected chi connectivity index (χ2v) is 7.68. The van der Waals surface area contributed by atoms with Gasteiger partial charge < -0.3 is 10.2 Å². The van der Waals surface area contributed by atoms with E-state index in [-0.39, 0.29) is 10.8 Å². The number of anilines is 1. The summed E-state index contributed by atoms with van der Waals surface area (Å²) in [4.78, 5) is 14.5. The fourth-order valence-corrected chi connectivity index (χ4v) is 3.42. The molecule has 2 N–H and O–H groups in total. The SMILES string of the molecule is CCNS(=O)(=O)c1ccc(C(=O)Nc2cccc(CN(C)C)c2)cc1. The van der Waals surface area contributed by atoms with Crippen molar-refractivity contribution in [1.29, 1.82) is 0 Å². The molecule has 0 heterocycles. The highest BCUT2D eigenvalue weighted by molar-refractivity contribution is 7.89. The zero-order valence-corrected chi connectivity index (χ0v) is 15.4. The third-order valence-corrected chi connectivity index (χ3v) is 5.01. The van der Waals surface area contributed by atoms with E-state index in [2.05, 4.69) is 10.0 Å². The number of amides is 1. The lowest BCUT2D eigenvalue weighted by Gasteiger charge is -2.11. The molecule has 0 aliphatic heterocycles. The smallest absolute Gasteiger partial charge is 0.255 e. The summed E-state index contributed by atoms with van der Waals surface area (Å²) in [5, 5.41) is 2.83. The van der Waals surface area contributed by atoms with Crippen molar-refractivity contribution in [2.75, 3.05) is 26.0 Å². The van der Waals surface area contributed by atoms with E-state index in [4.69, 9.17) is 0 Å².